The molecule has 4 rings (SSSR count). The molecule has 122 valence electrons. The third-order valence-corrected chi connectivity index (χ3v) is 4.83. The van der Waals surface area contributed by atoms with Crippen molar-refractivity contribution in [2.75, 3.05) is 5.73 Å². The first-order valence-corrected chi connectivity index (χ1v) is 8.27. The van der Waals surface area contributed by atoms with Crippen molar-refractivity contribution in [1.82, 2.24) is 4.57 Å². The Morgan fingerprint density at radius 1 is 1.24 bits per heavy atom. The molecular weight excluding hydrogens is 308 g/mol. The second-order valence-electron chi connectivity index (χ2n) is 6.29. The molecule has 1 aliphatic rings. The summed E-state index contributed by atoms with van der Waals surface area (Å²) < 4.78 is 2.26. The monoisotopic (exact) mass is 326 g/mol. The molecule has 1 aliphatic heterocycles. The fourth-order valence-electron chi connectivity index (χ4n) is 3.42. The predicted molar refractivity (Wildman–Crippen MR) is 103 cm³/mol. The van der Waals surface area contributed by atoms with Gasteiger partial charge in [-0.25, -0.2) is 0 Å². The van der Waals surface area contributed by atoms with E-state index in [4.69, 9.17) is 5.73 Å². The lowest BCUT2D eigenvalue weighted by Crippen LogP contribution is -2.07. The Labute approximate surface area is 146 Å². The summed E-state index contributed by atoms with van der Waals surface area (Å²) in [6, 6.07) is 14.3. The van der Waals surface area contributed by atoms with Crippen LogP contribution in [0.2, 0.25) is 0 Å². The van der Waals surface area contributed by atoms with Crippen LogP contribution in [0.4, 0.5) is 5.69 Å². The van der Waals surface area contributed by atoms with Crippen LogP contribution in [-0.2, 0) is 0 Å². The van der Waals surface area contributed by atoms with Gasteiger partial charge < -0.3 is 10.3 Å². The quantitative estimate of drug-likeness (QED) is 0.699. The summed E-state index contributed by atoms with van der Waals surface area (Å²) in [6.07, 6.45) is 8.91. The standard InChI is InChI=1S/C21H18N4/c1-14-17(3-2-4-20(14)23)19-13-25(16-7-9-24-10-8-16)21-6-5-15(12-22)11-18(19)21/h2-7,9-11,13,16H,8,23H2,1H3. The molecule has 0 aliphatic carbocycles. The average molecular weight is 326 g/mol. The van der Waals surface area contributed by atoms with Gasteiger partial charge in [0, 0.05) is 47.2 Å². The maximum atomic E-state index is 9.31. The topological polar surface area (TPSA) is 67.1 Å². The highest BCUT2D eigenvalue weighted by Gasteiger charge is 2.18. The molecule has 2 aromatic carbocycles. The van der Waals surface area contributed by atoms with E-state index in [0.717, 1.165) is 39.7 Å². The van der Waals surface area contributed by atoms with Gasteiger partial charge in [0.2, 0.25) is 0 Å². The van der Waals surface area contributed by atoms with Crippen LogP contribution < -0.4 is 5.73 Å². The fraction of sp³-hybridized carbons (Fsp3) is 0.143. The minimum atomic E-state index is 0.225. The zero-order chi connectivity index (χ0) is 17.4. The number of nitrogens with two attached hydrogens (primary N) is 1. The number of aromatic nitrogens is 1. The summed E-state index contributed by atoms with van der Waals surface area (Å²) in [5.74, 6) is 0. The van der Waals surface area contributed by atoms with Gasteiger partial charge in [-0.2, -0.15) is 5.26 Å². The zero-order valence-corrected chi connectivity index (χ0v) is 14.0. The van der Waals surface area contributed by atoms with Gasteiger partial charge >= 0.3 is 0 Å². The van der Waals surface area contributed by atoms with Crippen molar-refractivity contribution in [3.63, 3.8) is 0 Å². The smallest absolute Gasteiger partial charge is 0.0991 e. The molecular formula is C21H18N4. The van der Waals surface area contributed by atoms with Gasteiger partial charge in [0.1, 0.15) is 0 Å². The maximum Gasteiger partial charge on any atom is 0.0991 e. The van der Waals surface area contributed by atoms with Gasteiger partial charge in [0.15, 0.2) is 0 Å². The van der Waals surface area contributed by atoms with E-state index in [1.807, 2.05) is 49.7 Å². The number of hydrogen-bond acceptors (Lipinski definition) is 3. The molecule has 0 spiro atoms. The summed E-state index contributed by atoms with van der Waals surface area (Å²) in [6.45, 7) is 2.04. The van der Waals surface area contributed by atoms with Gasteiger partial charge in [-0.05, 0) is 48.4 Å². The Bertz CT molecular complexity index is 1060. The second-order valence-corrected chi connectivity index (χ2v) is 6.29. The Kier molecular flexibility index (Phi) is 3.62. The molecule has 3 aromatic rings. The minimum Gasteiger partial charge on any atom is -0.398 e. The number of fused-ring (bicyclic) bond motifs is 1. The van der Waals surface area contributed by atoms with E-state index in [-0.39, 0.29) is 6.04 Å². The van der Waals surface area contributed by atoms with Gasteiger partial charge in [0.05, 0.1) is 17.7 Å². The highest BCUT2D eigenvalue weighted by Crippen LogP contribution is 2.37. The molecule has 1 aromatic heterocycles. The molecule has 1 atom stereocenters. The molecule has 0 saturated carbocycles. The molecule has 1 unspecified atom stereocenters. The Balaban J connectivity index is 2.00. The van der Waals surface area contributed by atoms with Crippen molar-refractivity contribution >= 4 is 22.8 Å². The first-order valence-electron chi connectivity index (χ1n) is 8.27. The Morgan fingerprint density at radius 2 is 2.12 bits per heavy atom. The van der Waals surface area contributed by atoms with Gasteiger partial charge in [-0.15, -0.1) is 0 Å². The summed E-state index contributed by atoms with van der Waals surface area (Å²) >= 11 is 0. The van der Waals surface area contributed by atoms with Crippen LogP contribution in [0.5, 0.6) is 0 Å². The molecule has 4 nitrogen and oxygen atoms in total. The number of allylic oxidation sites excluding steroid dienone is 1. The number of nitrogens with zero attached hydrogens (tertiary/aromatic N) is 3. The van der Waals surface area contributed by atoms with Crippen molar-refractivity contribution in [2.24, 2.45) is 4.99 Å². The molecule has 2 N–H and O–H groups in total. The Morgan fingerprint density at radius 3 is 2.88 bits per heavy atom. The van der Waals surface area contributed by atoms with Gasteiger partial charge in [-0.1, -0.05) is 12.1 Å². The molecule has 25 heavy (non-hydrogen) atoms. The van der Waals surface area contributed by atoms with Crippen molar-refractivity contribution < 1.29 is 0 Å². The normalized spacial score (nSPS) is 16.2. The van der Waals surface area contributed by atoms with Crippen LogP contribution in [0.25, 0.3) is 22.0 Å². The number of anilines is 1. The van der Waals surface area contributed by atoms with E-state index in [1.165, 1.54) is 0 Å². The van der Waals surface area contributed by atoms with E-state index in [1.54, 1.807) is 0 Å². The van der Waals surface area contributed by atoms with Crippen molar-refractivity contribution in [2.45, 2.75) is 19.4 Å². The number of aliphatic imine (C=N–C) groups is 1. The third kappa shape index (κ3) is 2.50. The van der Waals surface area contributed by atoms with Crippen LogP contribution in [0, 0.1) is 18.3 Å². The summed E-state index contributed by atoms with van der Waals surface area (Å²) in [5.41, 5.74) is 11.9. The highest BCUT2D eigenvalue weighted by molar-refractivity contribution is 5.98. The second kappa shape index (κ2) is 5.95. The lowest BCUT2D eigenvalue weighted by Gasteiger charge is -2.16. The predicted octanol–water partition coefficient (Wildman–Crippen LogP) is 4.60. The summed E-state index contributed by atoms with van der Waals surface area (Å²) in [7, 11) is 0. The van der Waals surface area contributed by atoms with Crippen molar-refractivity contribution in [3.8, 4) is 17.2 Å². The number of hydrogen-bond donors (Lipinski definition) is 1. The van der Waals surface area contributed by atoms with Crippen LogP contribution in [-0.4, -0.2) is 10.8 Å². The van der Waals surface area contributed by atoms with Crippen molar-refractivity contribution in [3.05, 3.63) is 66.0 Å². The SMILES string of the molecule is Cc1c(N)cccc1-c1cn(C2C=CN=CC2)c2ccc(C#N)cc12. The zero-order valence-electron chi connectivity index (χ0n) is 14.0. The van der Waals surface area contributed by atoms with E-state index < -0.39 is 0 Å². The number of rotatable bonds is 2. The Hall–Kier alpha value is -3.32. The number of nitrogen functional groups attached to an aromatic ring is 1. The maximum absolute atomic E-state index is 9.31. The van der Waals surface area contributed by atoms with Gasteiger partial charge in [0.25, 0.3) is 0 Å². The fourth-order valence-corrected chi connectivity index (χ4v) is 3.42. The number of nitriles is 1. The van der Waals surface area contributed by atoms with E-state index in [9.17, 15) is 5.26 Å². The molecule has 0 amide bonds. The number of benzene rings is 2. The largest absolute Gasteiger partial charge is 0.398 e. The van der Waals surface area contributed by atoms with E-state index in [2.05, 4.69) is 34.0 Å². The average Bonchev–Trinajstić information content (AvgIpc) is 3.03. The van der Waals surface area contributed by atoms with Gasteiger partial charge in [-0.3, -0.25) is 4.99 Å². The van der Waals surface area contributed by atoms with Crippen molar-refractivity contribution in [1.29, 1.82) is 5.26 Å². The lowest BCUT2D eigenvalue weighted by atomic mass is 9.98. The first-order chi connectivity index (χ1) is 12.2. The first kappa shape index (κ1) is 15.2. The molecule has 4 heteroatoms. The minimum absolute atomic E-state index is 0.225. The van der Waals surface area contributed by atoms with E-state index >= 15 is 0 Å². The lowest BCUT2D eigenvalue weighted by molar-refractivity contribution is 0.648. The van der Waals surface area contributed by atoms with E-state index in [0.29, 0.717) is 5.56 Å². The third-order valence-electron chi connectivity index (χ3n) is 4.83. The van der Waals surface area contributed by atoms with Crippen LogP contribution >= 0.6 is 0 Å². The molecule has 0 bridgehead atoms. The van der Waals surface area contributed by atoms with Crippen LogP contribution in [0.3, 0.4) is 0 Å². The highest BCUT2D eigenvalue weighted by atomic mass is 15.0. The molecule has 2 heterocycles. The van der Waals surface area contributed by atoms with Crippen LogP contribution in [0.15, 0.2) is 59.9 Å². The molecule has 0 saturated heterocycles. The summed E-state index contributed by atoms with van der Waals surface area (Å²) in [4.78, 5) is 4.17. The molecule has 0 fully saturated rings. The summed E-state index contributed by atoms with van der Waals surface area (Å²) in [5, 5.41) is 10.4. The van der Waals surface area contributed by atoms with Crippen LogP contribution in [0.1, 0.15) is 23.6 Å². The molecule has 0 radical (unpaired) electrons.